The molecule has 0 amide bonds. The Balaban J connectivity index is 1.98. The van der Waals surface area contributed by atoms with Gasteiger partial charge in [-0.3, -0.25) is 0 Å². The predicted molar refractivity (Wildman–Crippen MR) is 79.7 cm³/mol. The molecule has 20 heavy (non-hydrogen) atoms. The quantitative estimate of drug-likeness (QED) is 0.776. The van der Waals surface area contributed by atoms with Gasteiger partial charge in [-0.2, -0.15) is 0 Å². The summed E-state index contributed by atoms with van der Waals surface area (Å²) in [5, 5.41) is 8.20. The van der Waals surface area contributed by atoms with Gasteiger partial charge >= 0.3 is 0 Å². The monoisotopic (exact) mass is 291 g/mol. The molecular formula is C14H17N3O2S. The molecule has 1 unspecified atom stereocenters. The second-order valence-electron chi connectivity index (χ2n) is 4.47. The van der Waals surface area contributed by atoms with Crippen LogP contribution >= 0.6 is 0 Å². The van der Waals surface area contributed by atoms with E-state index < -0.39 is 10.0 Å². The molecule has 6 heteroatoms. The summed E-state index contributed by atoms with van der Waals surface area (Å²) in [7, 11) is -3.65. The predicted octanol–water partition coefficient (Wildman–Crippen LogP) is 1.45. The van der Waals surface area contributed by atoms with E-state index in [9.17, 15) is 8.42 Å². The van der Waals surface area contributed by atoms with E-state index in [2.05, 4.69) is 5.32 Å². The minimum atomic E-state index is -3.65. The van der Waals surface area contributed by atoms with Gasteiger partial charge in [-0.05, 0) is 29.8 Å². The Morgan fingerprint density at radius 1 is 1.00 bits per heavy atom. The highest BCUT2D eigenvalue weighted by atomic mass is 32.2. The van der Waals surface area contributed by atoms with Gasteiger partial charge in [-0.1, -0.05) is 30.3 Å². The summed E-state index contributed by atoms with van der Waals surface area (Å²) in [6, 6.07) is 15.9. The summed E-state index contributed by atoms with van der Waals surface area (Å²) in [4.78, 5) is 0.0930. The Kier molecular flexibility index (Phi) is 4.39. The Labute approximate surface area is 118 Å². The number of sulfonamides is 1. The number of anilines is 1. The van der Waals surface area contributed by atoms with Crippen LogP contribution in [0.4, 0.5) is 5.69 Å². The molecule has 2 rings (SSSR count). The van der Waals surface area contributed by atoms with Crippen molar-refractivity contribution in [1.29, 1.82) is 0 Å². The normalized spacial score (nSPS) is 12.9. The van der Waals surface area contributed by atoms with Gasteiger partial charge in [0.2, 0.25) is 10.0 Å². The Bertz CT molecular complexity index is 655. The molecule has 0 bridgehead atoms. The van der Waals surface area contributed by atoms with Crippen molar-refractivity contribution < 1.29 is 8.42 Å². The van der Waals surface area contributed by atoms with Crippen molar-refractivity contribution in [3.63, 3.8) is 0 Å². The molecule has 0 saturated carbocycles. The van der Waals surface area contributed by atoms with E-state index in [4.69, 9.17) is 10.9 Å². The Morgan fingerprint density at radius 3 is 2.15 bits per heavy atom. The van der Waals surface area contributed by atoms with Crippen LogP contribution in [0.3, 0.4) is 0 Å². The van der Waals surface area contributed by atoms with Crippen molar-refractivity contribution >= 4 is 15.7 Å². The number of hydrogen-bond acceptors (Lipinski definition) is 4. The van der Waals surface area contributed by atoms with E-state index in [-0.39, 0.29) is 10.9 Å². The standard InChI is InChI=1S/C14H17N3O2S/c15-14(11-4-2-1-3-5-11)10-17-12-6-8-13(9-7-12)20(16,18)19/h1-9,14,17H,10,15H2,(H2,16,18,19). The fourth-order valence-corrected chi connectivity index (χ4v) is 2.32. The zero-order valence-corrected chi connectivity index (χ0v) is 11.7. The summed E-state index contributed by atoms with van der Waals surface area (Å²) in [6.45, 7) is 0.554. The van der Waals surface area contributed by atoms with Crippen LogP contribution in [-0.2, 0) is 10.0 Å². The van der Waals surface area contributed by atoms with Crippen molar-refractivity contribution in [3.05, 3.63) is 60.2 Å². The molecule has 0 radical (unpaired) electrons. The first-order chi connectivity index (χ1) is 9.47. The van der Waals surface area contributed by atoms with Gasteiger partial charge in [0.15, 0.2) is 0 Å². The topological polar surface area (TPSA) is 98.2 Å². The number of nitrogens with two attached hydrogens (primary N) is 2. The van der Waals surface area contributed by atoms with E-state index in [1.165, 1.54) is 12.1 Å². The summed E-state index contributed by atoms with van der Waals surface area (Å²) in [5.74, 6) is 0. The lowest BCUT2D eigenvalue weighted by atomic mass is 10.1. The maximum absolute atomic E-state index is 11.1. The molecule has 0 aliphatic rings. The van der Waals surface area contributed by atoms with Crippen LogP contribution in [0.25, 0.3) is 0 Å². The highest BCUT2D eigenvalue weighted by molar-refractivity contribution is 7.89. The van der Waals surface area contributed by atoms with E-state index in [0.717, 1.165) is 11.3 Å². The SMILES string of the molecule is NC(CNc1ccc(S(N)(=O)=O)cc1)c1ccccc1. The van der Waals surface area contributed by atoms with Gasteiger partial charge in [0.1, 0.15) is 0 Å². The molecule has 0 spiro atoms. The first-order valence-corrected chi connectivity index (χ1v) is 7.69. The Morgan fingerprint density at radius 2 is 1.60 bits per heavy atom. The lowest BCUT2D eigenvalue weighted by molar-refractivity contribution is 0.598. The highest BCUT2D eigenvalue weighted by Crippen LogP contribution is 2.15. The molecule has 1 atom stereocenters. The number of hydrogen-bond donors (Lipinski definition) is 3. The van der Waals surface area contributed by atoms with Crippen molar-refractivity contribution in [2.24, 2.45) is 10.9 Å². The van der Waals surface area contributed by atoms with Gasteiger partial charge in [-0.15, -0.1) is 0 Å². The van der Waals surface area contributed by atoms with Crippen LogP contribution in [0.5, 0.6) is 0 Å². The fourth-order valence-electron chi connectivity index (χ4n) is 1.81. The lowest BCUT2D eigenvalue weighted by Gasteiger charge is -2.14. The maximum Gasteiger partial charge on any atom is 0.238 e. The van der Waals surface area contributed by atoms with Crippen LogP contribution in [0, 0.1) is 0 Å². The minimum Gasteiger partial charge on any atom is -0.383 e. The Hall–Kier alpha value is -1.89. The van der Waals surface area contributed by atoms with E-state index in [1.807, 2.05) is 30.3 Å². The van der Waals surface area contributed by atoms with E-state index >= 15 is 0 Å². The van der Waals surface area contributed by atoms with Crippen molar-refractivity contribution in [2.75, 3.05) is 11.9 Å². The lowest BCUT2D eigenvalue weighted by Crippen LogP contribution is -2.20. The minimum absolute atomic E-state index is 0.0930. The van der Waals surface area contributed by atoms with Crippen LogP contribution in [-0.4, -0.2) is 15.0 Å². The van der Waals surface area contributed by atoms with Crippen molar-refractivity contribution in [1.82, 2.24) is 0 Å². The second-order valence-corrected chi connectivity index (χ2v) is 6.03. The molecule has 0 saturated heterocycles. The van der Waals surface area contributed by atoms with Crippen LogP contribution in [0.15, 0.2) is 59.5 Å². The average Bonchev–Trinajstić information content (AvgIpc) is 2.45. The van der Waals surface area contributed by atoms with Crippen molar-refractivity contribution in [2.45, 2.75) is 10.9 Å². The number of primary sulfonamides is 1. The summed E-state index contributed by atoms with van der Waals surface area (Å²) in [5.41, 5.74) is 7.90. The second kappa shape index (κ2) is 6.04. The smallest absolute Gasteiger partial charge is 0.238 e. The molecule has 0 aromatic heterocycles. The summed E-state index contributed by atoms with van der Waals surface area (Å²) < 4.78 is 22.3. The molecule has 2 aromatic rings. The van der Waals surface area contributed by atoms with Gasteiger partial charge in [0.05, 0.1) is 4.90 Å². The summed E-state index contributed by atoms with van der Waals surface area (Å²) in [6.07, 6.45) is 0. The largest absolute Gasteiger partial charge is 0.383 e. The zero-order chi connectivity index (χ0) is 14.6. The molecule has 106 valence electrons. The van der Waals surface area contributed by atoms with Gasteiger partial charge in [-0.25, -0.2) is 13.6 Å². The average molecular weight is 291 g/mol. The number of benzene rings is 2. The molecule has 5 nitrogen and oxygen atoms in total. The first kappa shape index (κ1) is 14.5. The third kappa shape index (κ3) is 3.80. The zero-order valence-electron chi connectivity index (χ0n) is 10.9. The highest BCUT2D eigenvalue weighted by Gasteiger charge is 2.08. The van der Waals surface area contributed by atoms with Gasteiger partial charge in [0.25, 0.3) is 0 Å². The third-order valence-electron chi connectivity index (χ3n) is 2.94. The van der Waals surface area contributed by atoms with E-state index in [0.29, 0.717) is 6.54 Å². The van der Waals surface area contributed by atoms with Crippen LogP contribution in [0.2, 0.25) is 0 Å². The van der Waals surface area contributed by atoms with Crippen LogP contribution in [0.1, 0.15) is 11.6 Å². The third-order valence-corrected chi connectivity index (χ3v) is 3.87. The van der Waals surface area contributed by atoms with E-state index in [1.54, 1.807) is 12.1 Å². The molecule has 0 aliphatic carbocycles. The fraction of sp³-hybridized carbons (Fsp3) is 0.143. The molecule has 0 aliphatic heterocycles. The summed E-state index contributed by atoms with van der Waals surface area (Å²) >= 11 is 0. The van der Waals surface area contributed by atoms with Crippen LogP contribution < -0.4 is 16.2 Å². The first-order valence-electron chi connectivity index (χ1n) is 6.14. The number of rotatable bonds is 5. The molecule has 2 aromatic carbocycles. The molecule has 0 fully saturated rings. The maximum atomic E-state index is 11.1. The number of nitrogens with one attached hydrogen (secondary N) is 1. The molecule has 0 heterocycles. The van der Waals surface area contributed by atoms with Crippen molar-refractivity contribution in [3.8, 4) is 0 Å². The van der Waals surface area contributed by atoms with Gasteiger partial charge < -0.3 is 11.1 Å². The molecular weight excluding hydrogens is 274 g/mol. The van der Waals surface area contributed by atoms with Gasteiger partial charge in [0, 0.05) is 18.3 Å². The molecule has 5 N–H and O–H groups in total.